The number of aromatic hydroxyl groups is 1. The lowest BCUT2D eigenvalue weighted by molar-refractivity contribution is -0.134. The van der Waals surface area contributed by atoms with E-state index in [1.54, 1.807) is 12.1 Å². The van der Waals surface area contributed by atoms with Gasteiger partial charge in [-0.15, -0.1) is 10.2 Å². The molecule has 3 N–H and O–H groups in total. The lowest BCUT2D eigenvalue weighted by Crippen LogP contribution is -2.54. The molecule has 4 aliphatic rings. The van der Waals surface area contributed by atoms with Gasteiger partial charge in [-0.2, -0.15) is 0 Å². The minimum atomic E-state index is -0.334. The molecular weight excluding hydrogens is 642 g/mol. The average molecular weight is 688 g/mol. The molecule has 11 heteroatoms. The van der Waals surface area contributed by atoms with Gasteiger partial charge >= 0.3 is 0 Å². The number of piperidine rings is 2. The van der Waals surface area contributed by atoms with E-state index < -0.39 is 0 Å². The molecule has 3 aliphatic heterocycles. The smallest absolute Gasteiger partial charge is 0.249 e. The molecule has 264 valence electrons. The van der Waals surface area contributed by atoms with Crippen LogP contribution >= 0.6 is 0 Å². The number of phenols is 1. The predicted octanol–water partition coefficient (Wildman–Crippen LogP) is 5.86. The number of para-hydroxylation sites is 2. The number of hydrogen-bond acceptors (Lipinski definition) is 10. The fourth-order valence-corrected chi connectivity index (χ4v) is 8.71. The van der Waals surface area contributed by atoms with Gasteiger partial charge in [0, 0.05) is 36.8 Å². The van der Waals surface area contributed by atoms with E-state index in [2.05, 4.69) is 61.0 Å². The van der Waals surface area contributed by atoms with Crippen LogP contribution in [0.4, 0.5) is 11.5 Å². The number of fused-ring (bicyclic) bond motifs is 1. The third-order valence-electron chi connectivity index (χ3n) is 11.4. The Morgan fingerprint density at radius 2 is 1.67 bits per heavy atom. The molecule has 2 aromatic heterocycles. The molecule has 3 fully saturated rings. The van der Waals surface area contributed by atoms with E-state index in [-0.39, 0.29) is 23.6 Å². The number of rotatable bonds is 7. The molecule has 0 spiro atoms. The maximum absolute atomic E-state index is 12.7. The van der Waals surface area contributed by atoms with Crippen LogP contribution in [-0.2, 0) is 9.59 Å². The topological polar surface area (TPSA) is 133 Å². The molecule has 2 saturated heterocycles. The number of carbonyl (C=O) groups excluding carboxylic acids is 2. The highest BCUT2D eigenvalue weighted by Gasteiger charge is 2.37. The summed E-state index contributed by atoms with van der Waals surface area (Å²) < 4.78 is 6.29. The summed E-state index contributed by atoms with van der Waals surface area (Å²) in [5, 5.41) is 24.9. The summed E-state index contributed by atoms with van der Waals surface area (Å²) in [6, 6.07) is 20.1. The van der Waals surface area contributed by atoms with Crippen LogP contribution < -0.4 is 20.3 Å². The number of benzene rings is 2. The van der Waals surface area contributed by atoms with E-state index in [0.29, 0.717) is 60.9 Å². The van der Waals surface area contributed by atoms with Crippen LogP contribution in [0, 0.1) is 0 Å². The number of pyridine rings is 1. The van der Waals surface area contributed by atoms with Crippen LogP contribution in [0.25, 0.3) is 22.5 Å². The zero-order chi connectivity index (χ0) is 34.9. The summed E-state index contributed by atoms with van der Waals surface area (Å²) in [4.78, 5) is 34.1. The normalized spacial score (nSPS) is 22.9. The van der Waals surface area contributed by atoms with Crippen molar-refractivity contribution in [2.24, 2.45) is 0 Å². The number of likely N-dealkylation sites (tertiary alicyclic amines) is 1. The summed E-state index contributed by atoms with van der Waals surface area (Å²) in [5.41, 5.74) is 6.48. The van der Waals surface area contributed by atoms with Gasteiger partial charge in [-0.05, 0) is 117 Å². The van der Waals surface area contributed by atoms with Crippen molar-refractivity contribution in [3.8, 4) is 34.0 Å². The Kier molecular flexibility index (Phi) is 9.29. The largest absolute Gasteiger partial charge is 0.507 e. The maximum atomic E-state index is 12.7. The lowest BCUT2D eigenvalue weighted by atomic mass is 9.79. The molecule has 51 heavy (non-hydrogen) atoms. The highest BCUT2D eigenvalue weighted by atomic mass is 16.5. The van der Waals surface area contributed by atoms with E-state index in [4.69, 9.17) is 9.72 Å². The van der Waals surface area contributed by atoms with Gasteiger partial charge in [0.1, 0.15) is 24.1 Å². The first kappa shape index (κ1) is 33.1. The molecule has 0 radical (unpaired) electrons. The Morgan fingerprint density at radius 1 is 0.843 bits per heavy atom. The number of nitrogens with one attached hydrogen (secondary N) is 2. The van der Waals surface area contributed by atoms with Crippen molar-refractivity contribution in [3.63, 3.8) is 0 Å². The van der Waals surface area contributed by atoms with E-state index in [1.165, 1.54) is 11.1 Å². The molecule has 1 saturated carbocycles. The van der Waals surface area contributed by atoms with Gasteiger partial charge in [-0.25, -0.2) is 0 Å². The Labute approximate surface area is 298 Å². The minimum absolute atomic E-state index is 0.170. The fourth-order valence-electron chi connectivity index (χ4n) is 8.71. The van der Waals surface area contributed by atoms with Crippen LogP contribution in [-0.4, -0.2) is 82.4 Å². The van der Waals surface area contributed by atoms with E-state index >= 15 is 0 Å². The number of ether oxygens (including phenoxy) is 1. The Balaban J connectivity index is 0.905. The minimum Gasteiger partial charge on any atom is -0.507 e. The van der Waals surface area contributed by atoms with Crippen LogP contribution in [0.5, 0.6) is 11.5 Å². The third-order valence-corrected chi connectivity index (χ3v) is 11.4. The zero-order valence-corrected chi connectivity index (χ0v) is 29.1. The van der Waals surface area contributed by atoms with Crippen molar-refractivity contribution in [1.82, 2.24) is 25.4 Å². The Hall–Kier alpha value is -5.03. The number of imide groups is 1. The summed E-state index contributed by atoms with van der Waals surface area (Å²) in [6.07, 6.45) is 9.59. The zero-order valence-electron chi connectivity index (χ0n) is 29.1. The maximum Gasteiger partial charge on any atom is 0.249 e. The molecule has 0 unspecified atom stereocenters. The van der Waals surface area contributed by atoms with Gasteiger partial charge in [0.25, 0.3) is 0 Å². The monoisotopic (exact) mass is 687 g/mol. The first-order valence-electron chi connectivity index (χ1n) is 18.4. The van der Waals surface area contributed by atoms with Crippen molar-refractivity contribution in [1.29, 1.82) is 0 Å². The predicted molar refractivity (Wildman–Crippen MR) is 196 cm³/mol. The number of carbonyl (C=O) groups is 2. The van der Waals surface area contributed by atoms with Crippen LogP contribution in [0.2, 0.25) is 0 Å². The molecule has 0 bridgehead atoms. The first-order chi connectivity index (χ1) is 25.0. The van der Waals surface area contributed by atoms with Crippen molar-refractivity contribution in [2.75, 3.05) is 43.5 Å². The van der Waals surface area contributed by atoms with Crippen molar-refractivity contribution in [3.05, 3.63) is 78.0 Å². The standard InChI is InChI=1S/C40H45N7O4/c1-41-39-31(24-33(44-45-39)30-5-2-3-8-36(30)48)32-23-27(15-18-42-32)25-16-19-46(20-17-25)28-11-9-26(10-12-28)29-6-4-7-34-38(29)51-22-21-47(34)35-13-14-37(49)43-40(35)50/h2-8,15,18,23-26,28,35,48H,9-14,16-17,19-22H2,1H3,(H,41,45)(H,43,49,50)/t26?,28?,35-/m0/s1. The Morgan fingerprint density at radius 3 is 2.45 bits per heavy atom. The van der Waals surface area contributed by atoms with Gasteiger partial charge in [-0.1, -0.05) is 24.3 Å². The van der Waals surface area contributed by atoms with E-state index in [0.717, 1.165) is 74.3 Å². The second-order valence-corrected chi connectivity index (χ2v) is 14.3. The highest BCUT2D eigenvalue weighted by Crippen LogP contribution is 2.45. The molecule has 11 nitrogen and oxygen atoms in total. The van der Waals surface area contributed by atoms with Gasteiger partial charge in [0.05, 0.1) is 23.6 Å². The second kappa shape index (κ2) is 14.3. The number of hydrogen-bond donors (Lipinski definition) is 3. The highest BCUT2D eigenvalue weighted by molar-refractivity contribution is 6.02. The first-order valence-corrected chi connectivity index (χ1v) is 18.4. The molecule has 4 aromatic rings. The summed E-state index contributed by atoms with van der Waals surface area (Å²) in [6.45, 7) is 3.35. The van der Waals surface area contributed by atoms with Crippen molar-refractivity contribution < 1.29 is 19.4 Å². The molecule has 1 aliphatic carbocycles. The number of aromatic nitrogens is 3. The van der Waals surface area contributed by atoms with Crippen molar-refractivity contribution in [2.45, 2.75) is 75.3 Å². The number of phenolic OH excluding ortho intramolecular Hbond substituents is 1. The second-order valence-electron chi connectivity index (χ2n) is 14.3. The third kappa shape index (κ3) is 6.62. The average Bonchev–Trinajstić information content (AvgIpc) is 3.18. The number of nitrogens with zero attached hydrogens (tertiary/aromatic N) is 5. The van der Waals surface area contributed by atoms with Gasteiger partial charge in [0.2, 0.25) is 11.8 Å². The van der Waals surface area contributed by atoms with Crippen LogP contribution in [0.15, 0.2) is 66.9 Å². The summed E-state index contributed by atoms with van der Waals surface area (Å²) in [5.74, 6) is 2.25. The van der Waals surface area contributed by atoms with Crippen LogP contribution in [0.1, 0.15) is 74.3 Å². The molecular formula is C40H45N7O4. The SMILES string of the molecule is CNc1nnc(-c2ccccc2O)cc1-c1cc(C2CCN(C3CCC(c4cccc5c4OCCN5[C@H]4CCC(=O)NC4=O)CC3)CC2)ccn1. The quantitative estimate of drug-likeness (QED) is 0.203. The summed E-state index contributed by atoms with van der Waals surface area (Å²) >= 11 is 0. The van der Waals surface area contributed by atoms with E-state index in [1.807, 2.05) is 31.4 Å². The fraction of sp³-hybridized carbons (Fsp3) is 0.425. The van der Waals surface area contributed by atoms with Gasteiger partial charge < -0.3 is 25.0 Å². The lowest BCUT2D eigenvalue weighted by Gasteiger charge is -2.42. The van der Waals surface area contributed by atoms with E-state index in [9.17, 15) is 14.7 Å². The Bertz CT molecular complexity index is 1920. The number of anilines is 2. The molecule has 2 aromatic carbocycles. The van der Waals surface area contributed by atoms with Gasteiger partial charge in [0.15, 0.2) is 5.82 Å². The molecule has 1 atom stereocenters. The van der Waals surface area contributed by atoms with Crippen LogP contribution in [0.3, 0.4) is 0 Å². The molecule has 5 heterocycles. The van der Waals surface area contributed by atoms with Crippen molar-refractivity contribution >= 4 is 23.3 Å². The number of amides is 2. The summed E-state index contributed by atoms with van der Waals surface area (Å²) in [7, 11) is 1.83. The molecule has 8 rings (SSSR count). The van der Waals surface area contributed by atoms with Gasteiger partial charge in [-0.3, -0.25) is 19.9 Å². The molecule has 2 amide bonds.